The van der Waals surface area contributed by atoms with Crippen LogP contribution in [0.2, 0.25) is 0 Å². The molecule has 0 aromatic heterocycles. The number of ether oxygens (including phenoxy) is 2. The highest BCUT2D eigenvalue weighted by atomic mass is 16.5. The van der Waals surface area contributed by atoms with Crippen molar-refractivity contribution in [2.24, 2.45) is 59.2 Å². The molecular weight excluding hydrogens is 1290 g/mol. The molecule has 14 atom stereocenters. The summed E-state index contributed by atoms with van der Waals surface area (Å²) in [6.07, 6.45) is 2.05. The smallest absolute Gasteiger partial charge is 0.303 e. The third-order valence-electron chi connectivity index (χ3n) is 20.5. The Morgan fingerprint density at radius 3 is 1.47 bits per heavy atom. The summed E-state index contributed by atoms with van der Waals surface area (Å²) >= 11 is 0. The van der Waals surface area contributed by atoms with Gasteiger partial charge < -0.3 is 54.0 Å². The van der Waals surface area contributed by atoms with E-state index in [-0.39, 0.29) is 81.8 Å². The van der Waals surface area contributed by atoms with Gasteiger partial charge in [0.25, 0.3) is 0 Å². The van der Waals surface area contributed by atoms with Crippen LogP contribution in [0.4, 0.5) is 0 Å². The Balaban J connectivity index is 3.10. The van der Waals surface area contributed by atoms with Gasteiger partial charge in [0, 0.05) is 131 Å². The standard InChI is InChI=1S/C76H132N10O15/c1-28-30-31-50(15)68(101-55(20)87)67-69(92)77-57(29-2)73(96)78(21)54(19)71(94)83(26)66(53(18)42-100-43-64(91)86-34-32-85(33-35-86)49(13)14)63(90)41-56(47(9)10)72(95)79(22)58(36-44(3)4)62(89)39-51(16)61(88)40-52(17)70(93)80(23)59(37-45(5)6)74(97)81(24)60(38-46(7)8)75(98)82(25)65(48(11)12)76(99)84(67)27/h28,30,44-54,56-60,65-68H,29,31-43H2,1-27H3,(H,77,92)/b30-28+/t50-,51-,52+,53-,54-,56+,57+,58+,59+,60+,65+,66+,67+,68-/m1/s1. The Labute approximate surface area is 605 Å². The van der Waals surface area contributed by atoms with Crippen molar-refractivity contribution in [1.29, 1.82) is 0 Å². The number of likely N-dealkylation sites (N-methyl/N-ethyl adjacent to an activating group) is 7. The van der Waals surface area contributed by atoms with E-state index in [1.54, 1.807) is 80.2 Å². The normalized spacial score (nSPS) is 26.9. The van der Waals surface area contributed by atoms with Crippen LogP contribution in [-0.2, 0) is 71.8 Å². The molecule has 0 saturated carbocycles. The van der Waals surface area contributed by atoms with E-state index in [9.17, 15) is 24.0 Å². The lowest BCUT2D eigenvalue weighted by atomic mass is 9.83. The van der Waals surface area contributed by atoms with E-state index in [0.717, 1.165) is 9.80 Å². The molecular formula is C76H132N10O15. The van der Waals surface area contributed by atoms with Gasteiger partial charge in [-0.25, -0.2) is 0 Å². The van der Waals surface area contributed by atoms with E-state index >= 15 is 38.4 Å². The fraction of sp³-hybridized carbons (Fsp3) is 0.803. The molecule has 2 fully saturated rings. The number of allylic oxidation sites excluding steroid dienone is 2. The second kappa shape index (κ2) is 41.6. The molecule has 2 saturated heterocycles. The number of piperazine rings is 1. The molecule has 2 aliphatic heterocycles. The number of Topliss-reactive ketones (excluding diaryl/α,β-unsaturated/α-hetero) is 3. The quantitative estimate of drug-likeness (QED) is 0.0985. The second-order valence-corrected chi connectivity index (χ2v) is 31.3. The first-order valence-corrected chi connectivity index (χ1v) is 37.0. The Morgan fingerprint density at radius 1 is 0.515 bits per heavy atom. The van der Waals surface area contributed by atoms with Crippen LogP contribution in [0.15, 0.2) is 12.2 Å². The van der Waals surface area contributed by atoms with Crippen LogP contribution >= 0.6 is 0 Å². The fourth-order valence-corrected chi connectivity index (χ4v) is 14.0. The first-order valence-electron chi connectivity index (χ1n) is 37.0. The lowest BCUT2D eigenvalue weighted by molar-refractivity contribution is -0.164. The Hall–Kier alpha value is -6.63. The number of nitrogens with one attached hydrogen (secondary N) is 1. The minimum absolute atomic E-state index is 0.0415. The van der Waals surface area contributed by atoms with E-state index in [1.165, 1.54) is 87.7 Å². The molecule has 2 heterocycles. The highest BCUT2D eigenvalue weighted by molar-refractivity contribution is 6.00. The lowest BCUT2D eigenvalue weighted by Gasteiger charge is -2.42. The monoisotopic (exact) mass is 1420 g/mol. The SMILES string of the molecule is C/C=C/C[C@@H](C)[C@@H](OC(C)=O)[C@H]1C(=O)N[C@@H](CC)C(=O)N(C)[C@H](C)C(=O)N(C)[C@@H]([C@H](C)COCC(=O)N2CCN(C(C)C)CC2)C(=O)C[C@@H](C(C)C)C(=O)N(C)[C@@H](CC(C)C)C(=O)C[C@@H](C)C(=O)C[C@H](C)C(=O)N(C)[C@@H](CC(C)C)C(=O)N(C)[C@@H](CC(C)C)C(=O)N(C)[C@@H](C(C)C)C(=O)N1C. The average Bonchev–Trinajstić information content (AvgIpc) is 0.804. The van der Waals surface area contributed by atoms with Crippen LogP contribution < -0.4 is 5.32 Å². The number of ketones is 3. The predicted molar refractivity (Wildman–Crippen MR) is 390 cm³/mol. The molecule has 101 heavy (non-hydrogen) atoms. The zero-order valence-electron chi connectivity index (χ0n) is 66.7. The number of carbonyl (C=O) groups is 13. The van der Waals surface area contributed by atoms with Gasteiger partial charge in [-0.3, -0.25) is 67.2 Å². The Bertz CT molecular complexity index is 2850. The number of carbonyl (C=O) groups excluding carboxylic acids is 13. The summed E-state index contributed by atoms with van der Waals surface area (Å²) in [5.74, 6) is -13.6. The molecule has 25 nitrogen and oxygen atoms in total. The molecule has 0 aromatic carbocycles. The van der Waals surface area contributed by atoms with Gasteiger partial charge in [0.2, 0.25) is 53.2 Å². The molecule has 2 aliphatic rings. The third-order valence-corrected chi connectivity index (χ3v) is 20.5. The number of amides is 9. The maximum atomic E-state index is 15.6. The molecule has 0 spiro atoms. The average molecular weight is 1430 g/mol. The van der Waals surface area contributed by atoms with Crippen molar-refractivity contribution in [2.75, 3.05) is 88.7 Å². The van der Waals surface area contributed by atoms with Crippen molar-refractivity contribution in [3.8, 4) is 0 Å². The summed E-state index contributed by atoms with van der Waals surface area (Å²) in [5.41, 5.74) is 0. The van der Waals surface area contributed by atoms with Gasteiger partial charge in [-0.15, -0.1) is 0 Å². The molecule has 2 rings (SSSR count). The van der Waals surface area contributed by atoms with E-state index in [4.69, 9.17) is 9.47 Å². The molecule has 0 unspecified atom stereocenters. The number of hydrogen-bond acceptors (Lipinski definition) is 16. The van der Waals surface area contributed by atoms with Crippen molar-refractivity contribution in [1.82, 2.24) is 49.4 Å². The highest BCUT2D eigenvalue weighted by Crippen LogP contribution is 2.30. The lowest BCUT2D eigenvalue weighted by Crippen LogP contribution is -2.64. The number of rotatable bonds is 20. The molecule has 0 bridgehead atoms. The van der Waals surface area contributed by atoms with Crippen LogP contribution in [0.25, 0.3) is 0 Å². The van der Waals surface area contributed by atoms with E-state index in [2.05, 4.69) is 24.1 Å². The highest BCUT2D eigenvalue weighted by Gasteiger charge is 2.48. The molecule has 0 radical (unpaired) electrons. The molecule has 576 valence electrons. The summed E-state index contributed by atoms with van der Waals surface area (Å²) in [6.45, 7) is 37.1. The second-order valence-electron chi connectivity index (χ2n) is 31.3. The zero-order chi connectivity index (χ0) is 77.7. The third kappa shape index (κ3) is 25.3. The molecule has 9 amide bonds. The van der Waals surface area contributed by atoms with Crippen LogP contribution in [0.5, 0.6) is 0 Å². The summed E-state index contributed by atoms with van der Waals surface area (Å²) < 4.78 is 12.1. The number of esters is 1. The molecule has 25 heteroatoms. The minimum atomic E-state index is -1.64. The zero-order valence-corrected chi connectivity index (χ0v) is 66.7. The van der Waals surface area contributed by atoms with Crippen LogP contribution in [0, 0.1) is 59.2 Å². The Morgan fingerprint density at radius 2 is 0.990 bits per heavy atom. The maximum Gasteiger partial charge on any atom is 0.303 e. The van der Waals surface area contributed by atoms with Gasteiger partial charge in [0.15, 0.2) is 11.6 Å². The molecule has 1 N–H and O–H groups in total. The number of hydrogen-bond donors (Lipinski definition) is 1. The van der Waals surface area contributed by atoms with Crippen molar-refractivity contribution in [2.45, 2.75) is 250 Å². The van der Waals surface area contributed by atoms with Gasteiger partial charge in [-0.1, -0.05) is 116 Å². The van der Waals surface area contributed by atoms with Crippen molar-refractivity contribution >= 4 is 76.5 Å². The van der Waals surface area contributed by atoms with Gasteiger partial charge in [0.1, 0.15) is 54.7 Å². The summed E-state index contributed by atoms with van der Waals surface area (Å²) in [7, 11) is 10.1. The van der Waals surface area contributed by atoms with E-state index in [0.29, 0.717) is 32.2 Å². The topological polar surface area (TPSA) is 282 Å². The first-order chi connectivity index (χ1) is 46.8. The van der Waals surface area contributed by atoms with Crippen molar-refractivity contribution in [3.63, 3.8) is 0 Å². The first kappa shape index (κ1) is 90.5. The van der Waals surface area contributed by atoms with Crippen LogP contribution in [0.1, 0.15) is 190 Å². The van der Waals surface area contributed by atoms with Crippen molar-refractivity contribution < 1.29 is 71.8 Å². The molecule has 0 aromatic rings. The van der Waals surface area contributed by atoms with E-state index in [1.807, 2.05) is 47.6 Å². The predicted octanol–water partition coefficient (Wildman–Crippen LogP) is 6.66. The van der Waals surface area contributed by atoms with Crippen LogP contribution in [0.3, 0.4) is 0 Å². The maximum absolute atomic E-state index is 15.6. The minimum Gasteiger partial charge on any atom is -0.459 e. The largest absolute Gasteiger partial charge is 0.459 e. The van der Waals surface area contributed by atoms with Gasteiger partial charge in [-0.05, 0) is 95.3 Å². The van der Waals surface area contributed by atoms with Gasteiger partial charge in [0.05, 0.1) is 18.7 Å². The van der Waals surface area contributed by atoms with Crippen molar-refractivity contribution in [3.05, 3.63) is 12.2 Å². The Kier molecular flexibility index (Phi) is 37.3. The van der Waals surface area contributed by atoms with Gasteiger partial charge >= 0.3 is 5.97 Å². The van der Waals surface area contributed by atoms with E-state index < -0.39 is 173 Å². The van der Waals surface area contributed by atoms with Gasteiger partial charge in [-0.2, -0.15) is 0 Å². The summed E-state index contributed by atoms with van der Waals surface area (Å²) in [4.78, 5) is 205. The molecule has 0 aliphatic carbocycles. The fourth-order valence-electron chi connectivity index (χ4n) is 14.0. The summed E-state index contributed by atoms with van der Waals surface area (Å²) in [5, 5.41) is 2.83. The van der Waals surface area contributed by atoms with Crippen LogP contribution in [-0.4, -0.2) is 270 Å². The number of nitrogens with zero attached hydrogens (tertiary/aromatic N) is 9. The summed E-state index contributed by atoms with van der Waals surface area (Å²) in [6, 6.07) is -9.96.